The van der Waals surface area contributed by atoms with Gasteiger partial charge in [-0.1, -0.05) is 20.8 Å². The molecule has 0 aromatic heterocycles. The van der Waals surface area contributed by atoms with Gasteiger partial charge in [0, 0.05) is 32.2 Å². The van der Waals surface area contributed by atoms with Crippen LogP contribution in [0.15, 0.2) is 0 Å². The molecule has 0 aromatic carbocycles. The molecule has 0 aliphatic heterocycles. The van der Waals surface area contributed by atoms with Crippen LogP contribution >= 0.6 is 0 Å². The highest BCUT2D eigenvalue weighted by Gasteiger charge is 2.43. The molecule has 0 spiro atoms. The Morgan fingerprint density at radius 2 is 1.50 bits per heavy atom. The molecule has 1 rings (SSSR count). The summed E-state index contributed by atoms with van der Waals surface area (Å²) in [7, 11) is 0. The van der Waals surface area contributed by atoms with E-state index in [1.54, 1.807) is 6.92 Å². The van der Waals surface area contributed by atoms with Crippen molar-refractivity contribution in [3.63, 3.8) is 0 Å². The molecule has 0 heterocycles. The lowest BCUT2D eigenvalue weighted by Gasteiger charge is -2.50. The van der Waals surface area contributed by atoms with Gasteiger partial charge >= 0.3 is 0 Å². The van der Waals surface area contributed by atoms with Crippen molar-refractivity contribution in [2.24, 2.45) is 10.8 Å². The largest absolute Gasteiger partial charge is 0.392 e. The van der Waals surface area contributed by atoms with E-state index in [0.717, 1.165) is 25.8 Å². The fraction of sp³-hybridized carbons (Fsp3) is 1.00. The normalized spacial score (nSPS) is 31.0. The predicted molar refractivity (Wildman–Crippen MR) is 99.0 cm³/mol. The molecule has 1 aliphatic rings. The van der Waals surface area contributed by atoms with E-state index in [2.05, 4.69) is 31.0 Å². The van der Waals surface area contributed by atoms with Crippen LogP contribution in [0.3, 0.4) is 0 Å². The molecule has 144 valence electrons. The Kier molecular flexibility index (Phi) is 8.14. The molecule has 0 radical (unpaired) electrons. The molecule has 0 amide bonds. The van der Waals surface area contributed by atoms with E-state index >= 15 is 0 Å². The second-order valence-corrected chi connectivity index (χ2v) is 9.35. The summed E-state index contributed by atoms with van der Waals surface area (Å²) in [4.78, 5) is 2.27. The summed E-state index contributed by atoms with van der Waals surface area (Å²) >= 11 is 0. The van der Waals surface area contributed by atoms with Crippen LogP contribution < -0.4 is 5.32 Å². The summed E-state index contributed by atoms with van der Waals surface area (Å²) in [5.74, 6) is 0. The molecule has 1 fully saturated rings. The van der Waals surface area contributed by atoms with Crippen molar-refractivity contribution >= 4 is 0 Å². The lowest BCUT2D eigenvalue weighted by molar-refractivity contribution is -0.0168. The molecule has 5 atom stereocenters. The quantitative estimate of drug-likeness (QED) is 0.511. The minimum absolute atomic E-state index is 0.150. The lowest BCUT2D eigenvalue weighted by Crippen LogP contribution is -2.52. The molecule has 24 heavy (non-hydrogen) atoms. The molecule has 1 saturated carbocycles. The third-order valence-corrected chi connectivity index (χ3v) is 4.93. The van der Waals surface area contributed by atoms with Crippen LogP contribution in [0.25, 0.3) is 0 Å². The van der Waals surface area contributed by atoms with Crippen molar-refractivity contribution in [1.29, 1.82) is 0 Å². The number of aliphatic hydroxyl groups is 3. The smallest absolute Gasteiger partial charge is 0.0639 e. The Morgan fingerprint density at radius 1 is 0.958 bits per heavy atom. The van der Waals surface area contributed by atoms with Crippen LogP contribution in [-0.4, -0.2) is 70.8 Å². The van der Waals surface area contributed by atoms with E-state index in [-0.39, 0.29) is 16.9 Å². The van der Waals surface area contributed by atoms with Gasteiger partial charge in [-0.2, -0.15) is 0 Å². The van der Waals surface area contributed by atoms with Crippen molar-refractivity contribution < 1.29 is 15.3 Å². The van der Waals surface area contributed by atoms with E-state index in [1.807, 2.05) is 13.8 Å². The minimum Gasteiger partial charge on any atom is -0.392 e. The van der Waals surface area contributed by atoms with E-state index in [0.29, 0.717) is 25.7 Å². The monoisotopic (exact) mass is 344 g/mol. The summed E-state index contributed by atoms with van der Waals surface area (Å²) in [5, 5.41) is 32.6. The first-order valence-corrected chi connectivity index (χ1v) is 9.41. The Hall–Kier alpha value is -0.200. The third kappa shape index (κ3) is 7.79. The summed E-state index contributed by atoms with van der Waals surface area (Å²) < 4.78 is 0. The van der Waals surface area contributed by atoms with Gasteiger partial charge in [0.25, 0.3) is 0 Å². The zero-order valence-electron chi connectivity index (χ0n) is 16.5. The average Bonchev–Trinajstić information content (AvgIpc) is 2.33. The van der Waals surface area contributed by atoms with E-state index < -0.39 is 12.2 Å². The van der Waals surface area contributed by atoms with Crippen LogP contribution in [-0.2, 0) is 0 Å². The summed E-state index contributed by atoms with van der Waals surface area (Å²) in [5.41, 5.74) is 0.372. The molecule has 0 saturated heterocycles. The molecule has 5 heteroatoms. The first-order chi connectivity index (χ1) is 10.9. The zero-order chi connectivity index (χ0) is 18.5. The first-order valence-electron chi connectivity index (χ1n) is 9.41. The maximum Gasteiger partial charge on any atom is 0.0639 e. The number of aliphatic hydroxyl groups excluding tert-OH is 3. The van der Waals surface area contributed by atoms with E-state index in [4.69, 9.17) is 0 Å². The minimum atomic E-state index is -0.395. The molecule has 0 aromatic rings. The van der Waals surface area contributed by atoms with Gasteiger partial charge in [-0.05, 0) is 50.9 Å². The molecule has 1 aliphatic carbocycles. The maximum atomic E-state index is 9.87. The third-order valence-electron chi connectivity index (χ3n) is 4.93. The van der Waals surface area contributed by atoms with Crippen molar-refractivity contribution in [2.45, 2.75) is 85.2 Å². The van der Waals surface area contributed by atoms with Gasteiger partial charge in [-0.25, -0.2) is 0 Å². The van der Waals surface area contributed by atoms with Gasteiger partial charge in [0.2, 0.25) is 0 Å². The Morgan fingerprint density at radius 3 is 1.96 bits per heavy atom. The number of hydrogen-bond acceptors (Lipinski definition) is 5. The fourth-order valence-corrected chi connectivity index (χ4v) is 4.61. The predicted octanol–water partition coefficient (Wildman–Crippen LogP) is 1.61. The Labute approximate surface area is 148 Å². The topological polar surface area (TPSA) is 76.0 Å². The number of nitrogens with one attached hydrogen (secondary N) is 1. The summed E-state index contributed by atoms with van der Waals surface area (Å²) in [6.45, 7) is 15.1. The SMILES string of the molecule is CC(O)CNCC1(C)CC(N(CC(C)O)CC(C)O)CC(C)(C)C1. The lowest BCUT2D eigenvalue weighted by atomic mass is 9.62. The van der Waals surface area contributed by atoms with Crippen LogP contribution in [0.1, 0.15) is 60.8 Å². The van der Waals surface area contributed by atoms with E-state index in [9.17, 15) is 15.3 Å². The van der Waals surface area contributed by atoms with Gasteiger partial charge in [-0.3, -0.25) is 4.90 Å². The van der Waals surface area contributed by atoms with Gasteiger partial charge in [0.15, 0.2) is 0 Å². The second-order valence-electron chi connectivity index (χ2n) is 9.35. The zero-order valence-corrected chi connectivity index (χ0v) is 16.5. The fourth-order valence-electron chi connectivity index (χ4n) is 4.61. The summed E-state index contributed by atoms with van der Waals surface area (Å²) in [6.07, 6.45) is 2.14. The Bertz CT molecular complexity index is 362. The van der Waals surface area contributed by atoms with Gasteiger partial charge in [0.1, 0.15) is 0 Å². The van der Waals surface area contributed by atoms with Crippen molar-refractivity contribution in [2.75, 3.05) is 26.2 Å². The van der Waals surface area contributed by atoms with Crippen molar-refractivity contribution in [3.05, 3.63) is 0 Å². The van der Waals surface area contributed by atoms with Crippen molar-refractivity contribution in [1.82, 2.24) is 10.2 Å². The average molecular weight is 345 g/mol. The van der Waals surface area contributed by atoms with Crippen molar-refractivity contribution in [3.8, 4) is 0 Å². The highest BCUT2D eigenvalue weighted by atomic mass is 16.3. The van der Waals surface area contributed by atoms with Gasteiger partial charge in [-0.15, -0.1) is 0 Å². The Balaban J connectivity index is 2.84. The van der Waals surface area contributed by atoms with Gasteiger partial charge < -0.3 is 20.6 Å². The molecule has 0 bridgehead atoms. The van der Waals surface area contributed by atoms with Crippen LogP contribution in [0.4, 0.5) is 0 Å². The number of hydrogen-bond donors (Lipinski definition) is 4. The molecule has 5 unspecified atom stereocenters. The first kappa shape index (κ1) is 21.8. The second kappa shape index (κ2) is 8.95. The van der Waals surface area contributed by atoms with Crippen LogP contribution in [0.5, 0.6) is 0 Å². The van der Waals surface area contributed by atoms with Crippen LogP contribution in [0.2, 0.25) is 0 Å². The molecular weight excluding hydrogens is 304 g/mol. The van der Waals surface area contributed by atoms with E-state index in [1.165, 1.54) is 0 Å². The molecule has 5 nitrogen and oxygen atoms in total. The molecule has 4 N–H and O–H groups in total. The maximum absolute atomic E-state index is 9.87. The standard InChI is InChI=1S/C19H40N2O3/c1-14(22)9-20-13-19(6)8-17(7-18(4,5)12-19)21(10-15(2)23)11-16(3)24/h14-17,20,22-24H,7-13H2,1-6H3. The highest BCUT2D eigenvalue weighted by molar-refractivity contribution is 4.96. The number of nitrogens with zero attached hydrogens (tertiary/aromatic N) is 1. The highest BCUT2D eigenvalue weighted by Crippen LogP contribution is 2.47. The summed E-state index contributed by atoms with van der Waals surface area (Å²) in [6, 6.07) is 0.358. The van der Waals surface area contributed by atoms with Gasteiger partial charge in [0.05, 0.1) is 18.3 Å². The number of rotatable bonds is 9. The molecular formula is C19H40N2O3. The van der Waals surface area contributed by atoms with Crippen LogP contribution in [0, 0.1) is 10.8 Å².